The standard InChI is InChI=1S/C7H14N2/c8-5-6-9-7-3-1-2-4-7/h3,9H,1-2,4-6,8H2. The molecule has 1 aliphatic carbocycles. The number of hydrogen-bond donors (Lipinski definition) is 2. The van der Waals surface area contributed by atoms with Gasteiger partial charge in [-0.15, -0.1) is 0 Å². The molecule has 0 atom stereocenters. The van der Waals surface area contributed by atoms with Crippen molar-refractivity contribution in [3.8, 4) is 0 Å². The minimum atomic E-state index is 0.733. The second-order valence-corrected chi connectivity index (χ2v) is 2.34. The largest absolute Gasteiger partial charge is 0.387 e. The number of rotatable bonds is 3. The maximum Gasteiger partial charge on any atom is 0.0266 e. The van der Waals surface area contributed by atoms with E-state index >= 15 is 0 Å². The van der Waals surface area contributed by atoms with E-state index in [0.717, 1.165) is 13.1 Å². The van der Waals surface area contributed by atoms with E-state index in [1.807, 2.05) is 0 Å². The Morgan fingerprint density at radius 3 is 3.11 bits per heavy atom. The van der Waals surface area contributed by atoms with Gasteiger partial charge in [0.05, 0.1) is 0 Å². The van der Waals surface area contributed by atoms with Crippen molar-refractivity contribution in [1.82, 2.24) is 5.32 Å². The highest BCUT2D eigenvalue weighted by molar-refractivity contribution is 5.04. The van der Waals surface area contributed by atoms with Crippen LogP contribution in [0.25, 0.3) is 0 Å². The molecule has 0 unspecified atom stereocenters. The predicted octanol–water partition coefficient (Wildman–Crippen LogP) is 0.602. The molecule has 1 rings (SSSR count). The average Bonchev–Trinajstić information content (AvgIpc) is 2.34. The molecule has 0 radical (unpaired) electrons. The van der Waals surface area contributed by atoms with Crippen molar-refractivity contribution in [1.29, 1.82) is 0 Å². The molecule has 0 bridgehead atoms. The van der Waals surface area contributed by atoms with Crippen LogP contribution in [0.4, 0.5) is 0 Å². The summed E-state index contributed by atoms with van der Waals surface area (Å²) in [6.07, 6.45) is 6.04. The lowest BCUT2D eigenvalue weighted by Crippen LogP contribution is -2.20. The Bertz CT molecular complexity index is 107. The van der Waals surface area contributed by atoms with Crippen molar-refractivity contribution in [3.05, 3.63) is 11.8 Å². The highest BCUT2D eigenvalue weighted by atomic mass is 14.9. The highest BCUT2D eigenvalue weighted by Crippen LogP contribution is 2.13. The van der Waals surface area contributed by atoms with E-state index in [1.54, 1.807) is 0 Å². The fraction of sp³-hybridized carbons (Fsp3) is 0.714. The molecule has 0 aliphatic heterocycles. The van der Waals surface area contributed by atoms with Crippen LogP contribution < -0.4 is 11.1 Å². The van der Waals surface area contributed by atoms with Gasteiger partial charge in [0.2, 0.25) is 0 Å². The number of hydrogen-bond acceptors (Lipinski definition) is 2. The van der Waals surface area contributed by atoms with Gasteiger partial charge in [0, 0.05) is 18.8 Å². The van der Waals surface area contributed by atoms with Crippen LogP contribution in [0, 0.1) is 0 Å². The molecule has 0 amide bonds. The van der Waals surface area contributed by atoms with Gasteiger partial charge >= 0.3 is 0 Å². The third-order valence-corrected chi connectivity index (χ3v) is 1.54. The van der Waals surface area contributed by atoms with Crippen LogP contribution in [0.1, 0.15) is 19.3 Å². The summed E-state index contributed by atoms with van der Waals surface area (Å²) >= 11 is 0. The molecule has 3 N–H and O–H groups in total. The normalized spacial score (nSPS) is 17.7. The molecule has 9 heavy (non-hydrogen) atoms. The summed E-state index contributed by atoms with van der Waals surface area (Å²) in [5, 5.41) is 3.27. The van der Waals surface area contributed by atoms with Gasteiger partial charge in [-0.3, -0.25) is 0 Å². The fourth-order valence-corrected chi connectivity index (χ4v) is 1.06. The van der Waals surface area contributed by atoms with Crippen molar-refractivity contribution < 1.29 is 0 Å². The Kier molecular flexibility index (Phi) is 2.58. The quantitative estimate of drug-likeness (QED) is 0.581. The molecule has 0 fully saturated rings. The Morgan fingerprint density at radius 1 is 1.67 bits per heavy atom. The molecule has 0 aromatic rings. The first-order chi connectivity index (χ1) is 4.43. The van der Waals surface area contributed by atoms with Crippen LogP contribution in [-0.2, 0) is 0 Å². The Balaban J connectivity index is 2.11. The van der Waals surface area contributed by atoms with Crippen LogP contribution in [0.15, 0.2) is 11.8 Å². The molecule has 0 heterocycles. The predicted molar refractivity (Wildman–Crippen MR) is 39.0 cm³/mol. The van der Waals surface area contributed by atoms with Gasteiger partial charge in [0.1, 0.15) is 0 Å². The van der Waals surface area contributed by atoms with Gasteiger partial charge in [-0.1, -0.05) is 6.08 Å². The zero-order valence-electron chi connectivity index (χ0n) is 5.69. The summed E-state index contributed by atoms with van der Waals surface area (Å²) in [5.41, 5.74) is 6.71. The molecular weight excluding hydrogens is 112 g/mol. The van der Waals surface area contributed by atoms with Crippen LogP contribution >= 0.6 is 0 Å². The molecule has 0 aromatic heterocycles. The molecule has 2 nitrogen and oxygen atoms in total. The molecule has 1 aliphatic rings. The lowest BCUT2D eigenvalue weighted by atomic mass is 10.3. The number of nitrogens with two attached hydrogens (primary N) is 1. The molecule has 0 spiro atoms. The number of allylic oxidation sites excluding steroid dienone is 2. The topological polar surface area (TPSA) is 38.0 Å². The number of nitrogens with one attached hydrogen (secondary N) is 1. The summed E-state index contributed by atoms with van der Waals surface area (Å²) < 4.78 is 0. The van der Waals surface area contributed by atoms with Gasteiger partial charge < -0.3 is 11.1 Å². The highest BCUT2D eigenvalue weighted by Gasteiger charge is 2.01. The van der Waals surface area contributed by atoms with E-state index in [-0.39, 0.29) is 0 Å². The van der Waals surface area contributed by atoms with E-state index in [1.165, 1.54) is 25.0 Å². The molecule has 0 aromatic carbocycles. The van der Waals surface area contributed by atoms with Crippen molar-refractivity contribution in [2.75, 3.05) is 13.1 Å². The lowest BCUT2D eigenvalue weighted by Gasteiger charge is -2.02. The van der Waals surface area contributed by atoms with Crippen LogP contribution in [0.3, 0.4) is 0 Å². The van der Waals surface area contributed by atoms with Crippen molar-refractivity contribution >= 4 is 0 Å². The van der Waals surface area contributed by atoms with E-state index in [9.17, 15) is 0 Å². The average molecular weight is 126 g/mol. The Morgan fingerprint density at radius 2 is 2.56 bits per heavy atom. The van der Waals surface area contributed by atoms with Gasteiger partial charge in [-0.25, -0.2) is 0 Å². The molecule has 0 saturated carbocycles. The fourth-order valence-electron chi connectivity index (χ4n) is 1.06. The van der Waals surface area contributed by atoms with Gasteiger partial charge in [0.15, 0.2) is 0 Å². The molecule has 2 heteroatoms. The van der Waals surface area contributed by atoms with E-state index < -0.39 is 0 Å². The van der Waals surface area contributed by atoms with Crippen molar-refractivity contribution in [2.45, 2.75) is 19.3 Å². The van der Waals surface area contributed by atoms with E-state index in [0.29, 0.717) is 0 Å². The van der Waals surface area contributed by atoms with Crippen LogP contribution in [-0.4, -0.2) is 13.1 Å². The van der Waals surface area contributed by atoms with E-state index in [2.05, 4.69) is 11.4 Å². The smallest absolute Gasteiger partial charge is 0.0266 e. The summed E-state index contributed by atoms with van der Waals surface area (Å²) in [7, 11) is 0. The molecule has 52 valence electrons. The SMILES string of the molecule is NCCNC1=CCCC1. The molecule has 0 saturated heterocycles. The van der Waals surface area contributed by atoms with Gasteiger partial charge in [-0.05, 0) is 19.3 Å². The second-order valence-electron chi connectivity index (χ2n) is 2.34. The summed E-state index contributed by atoms with van der Waals surface area (Å²) in [4.78, 5) is 0. The van der Waals surface area contributed by atoms with Crippen molar-refractivity contribution in [2.24, 2.45) is 5.73 Å². The minimum absolute atomic E-state index is 0.733. The second kappa shape index (κ2) is 3.51. The Labute approximate surface area is 56.1 Å². The zero-order chi connectivity index (χ0) is 6.53. The van der Waals surface area contributed by atoms with Crippen molar-refractivity contribution in [3.63, 3.8) is 0 Å². The van der Waals surface area contributed by atoms with E-state index in [4.69, 9.17) is 5.73 Å². The van der Waals surface area contributed by atoms with Gasteiger partial charge in [-0.2, -0.15) is 0 Å². The summed E-state index contributed by atoms with van der Waals surface area (Å²) in [6, 6.07) is 0. The zero-order valence-corrected chi connectivity index (χ0v) is 5.69. The summed E-state index contributed by atoms with van der Waals surface area (Å²) in [5.74, 6) is 0. The third kappa shape index (κ3) is 2.06. The molecular formula is C7H14N2. The third-order valence-electron chi connectivity index (χ3n) is 1.54. The van der Waals surface area contributed by atoms with Crippen LogP contribution in [0.5, 0.6) is 0 Å². The minimum Gasteiger partial charge on any atom is -0.387 e. The monoisotopic (exact) mass is 126 g/mol. The first-order valence-electron chi connectivity index (χ1n) is 3.56. The first kappa shape index (κ1) is 6.62. The lowest BCUT2D eigenvalue weighted by molar-refractivity contribution is 0.757. The maximum atomic E-state index is 5.32. The van der Waals surface area contributed by atoms with Crippen LogP contribution in [0.2, 0.25) is 0 Å². The first-order valence-corrected chi connectivity index (χ1v) is 3.56. The maximum absolute atomic E-state index is 5.32. The Hall–Kier alpha value is -0.500. The van der Waals surface area contributed by atoms with Gasteiger partial charge in [0.25, 0.3) is 0 Å². The summed E-state index contributed by atoms with van der Waals surface area (Å²) in [6.45, 7) is 1.66.